The third-order valence-corrected chi connectivity index (χ3v) is 8.37. The van der Waals surface area contributed by atoms with Gasteiger partial charge in [-0.1, -0.05) is 59.6 Å². The van der Waals surface area contributed by atoms with Crippen LogP contribution in [0.15, 0.2) is 88.5 Å². The van der Waals surface area contributed by atoms with Gasteiger partial charge in [0, 0.05) is 34.9 Å². The Balaban J connectivity index is 1.44. The van der Waals surface area contributed by atoms with E-state index in [0.29, 0.717) is 38.4 Å². The van der Waals surface area contributed by atoms with Crippen LogP contribution in [0.5, 0.6) is 11.5 Å². The standard InChI is InChI=1S/C25H21Cl2N3O4S2/c26-17-10-11-23(21(27)16-17)34-22-9-5-4-8-19(22)20-12-15-35-24(20)36(32,33)29-14-13-28-25(31)30-18-6-2-1-3-7-18/h1-12,15-16,29H,13-14H2,(H2,28,30,31). The molecule has 0 atom stereocenters. The maximum Gasteiger partial charge on any atom is 0.319 e. The number of benzene rings is 3. The Morgan fingerprint density at radius 2 is 1.61 bits per heavy atom. The molecule has 0 fully saturated rings. The zero-order valence-electron chi connectivity index (χ0n) is 18.7. The van der Waals surface area contributed by atoms with Gasteiger partial charge in [0.25, 0.3) is 10.0 Å². The van der Waals surface area contributed by atoms with Crippen molar-refractivity contribution in [2.75, 3.05) is 18.4 Å². The molecule has 7 nitrogen and oxygen atoms in total. The molecule has 3 N–H and O–H groups in total. The quantitative estimate of drug-likeness (QED) is 0.200. The van der Waals surface area contributed by atoms with Crippen molar-refractivity contribution in [2.24, 2.45) is 0 Å². The first-order valence-electron chi connectivity index (χ1n) is 10.7. The van der Waals surface area contributed by atoms with Crippen LogP contribution in [0.1, 0.15) is 0 Å². The Morgan fingerprint density at radius 1 is 0.861 bits per heavy atom. The van der Waals surface area contributed by atoms with Crippen LogP contribution in [-0.4, -0.2) is 27.5 Å². The van der Waals surface area contributed by atoms with Crippen LogP contribution in [0.4, 0.5) is 10.5 Å². The third-order valence-electron chi connectivity index (χ3n) is 4.90. The summed E-state index contributed by atoms with van der Waals surface area (Å²) in [4.78, 5) is 12.0. The number of ether oxygens (including phenoxy) is 1. The van der Waals surface area contributed by atoms with Crippen LogP contribution in [0.25, 0.3) is 11.1 Å². The van der Waals surface area contributed by atoms with Crippen molar-refractivity contribution >= 4 is 56.3 Å². The van der Waals surface area contributed by atoms with Gasteiger partial charge in [0.2, 0.25) is 0 Å². The first-order valence-corrected chi connectivity index (χ1v) is 13.8. The normalized spacial score (nSPS) is 11.2. The van der Waals surface area contributed by atoms with Gasteiger partial charge in [0.15, 0.2) is 0 Å². The van der Waals surface area contributed by atoms with E-state index in [1.165, 1.54) is 0 Å². The molecule has 0 unspecified atom stereocenters. The topological polar surface area (TPSA) is 96.5 Å². The van der Waals surface area contributed by atoms with Gasteiger partial charge in [-0.25, -0.2) is 17.9 Å². The zero-order chi connectivity index (χ0) is 25.5. The molecule has 36 heavy (non-hydrogen) atoms. The van der Waals surface area contributed by atoms with Crippen molar-refractivity contribution in [3.63, 3.8) is 0 Å². The fraction of sp³-hybridized carbons (Fsp3) is 0.0800. The summed E-state index contributed by atoms with van der Waals surface area (Å²) in [7, 11) is -3.86. The highest BCUT2D eigenvalue weighted by Crippen LogP contribution is 2.40. The van der Waals surface area contributed by atoms with Gasteiger partial charge < -0.3 is 15.4 Å². The van der Waals surface area contributed by atoms with Crippen molar-refractivity contribution in [1.29, 1.82) is 0 Å². The van der Waals surface area contributed by atoms with E-state index in [0.717, 1.165) is 11.3 Å². The highest BCUT2D eigenvalue weighted by Gasteiger charge is 2.23. The minimum Gasteiger partial charge on any atom is -0.455 e. The molecule has 2 amide bonds. The Kier molecular flexibility index (Phi) is 8.50. The number of thiophene rings is 1. The van der Waals surface area contributed by atoms with Crippen molar-refractivity contribution in [1.82, 2.24) is 10.0 Å². The van der Waals surface area contributed by atoms with Gasteiger partial charge in [-0.15, -0.1) is 11.3 Å². The first kappa shape index (κ1) is 26.0. The van der Waals surface area contributed by atoms with Gasteiger partial charge in [0.05, 0.1) is 5.02 Å². The molecule has 0 saturated carbocycles. The number of anilines is 1. The molecule has 1 aromatic heterocycles. The van der Waals surface area contributed by atoms with Crippen LogP contribution >= 0.6 is 34.5 Å². The predicted octanol–water partition coefficient (Wildman–Crippen LogP) is 6.61. The van der Waals surface area contributed by atoms with Gasteiger partial charge in [-0.3, -0.25) is 0 Å². The van der Waals surface area contributed by atoms with Gasteiger partial charge >= 0.3 is 6.03 Å². The lowest BCUT2D eigenvalue weighted by Gasteiger charge is -2.14. The van der Waals surface area contributed by atoms with E-state index in [9.17, 15) is 13.2 Å². The van der Waals surface area contributed by atoms with Crippen LogP contribution in [0.3, 0.4) is 0 Å². The number of urea groups is 1. The summed E-state index contributed by atoms with van der Waals surface area (Å²) in [6.07, 6.45) is 0. The highest BCUT2D eigenvalue weighted by molar-refractivity contribution is 7.91. The summed E-state index contributed by atoms with van der Waals surface area (Å²) >= 11 is 13.3. The lowest BCUT2D eigenvalue weighted by Crippen LogP contribution is -2.36. The summed E-state index contributed by atoms with van der Waals surface area (Å²) in [5.74, 6) is 0.835. The second-order valence-corrected chi connectivity index (χ2v) is 11.2. The molecule has 0 radical (unpaired) electrons. The van der Waals surface area contributed by atoms with Crippen molar-refractivity contribution in [2.45, 2.75) is 4.21 Å². The summed E-state index contributed by atoms with van der Waals surface area (Å²) in [6, 6.07) is 22.2. The molecule has 4 rings (SSSR count). The van der Waals surface area contributed by atoms with Crippen molar-refractivity contribution in [3.8, 4) is 22.6 Å². The van der Waals surface area contributed by atoms with Crippen molar-refractivity contribution < 1.29 is 17.9 Å². The minimum absolute atomic E-state index is 0.0143. The predicted molar refractivity (Wildman–Crippen MR) is 145 cm³/mol. The number of para-hydroxylation sites is 2. The van der Waals surface area contributed by atoms with E-state index in [4.69, 9.17) is 27.9 Å². The van der Waals surface area contributed by atoms with Gasteiger partial charge in [-0.2, -0.15) is 0 Å². The van der Waals surface area contributed by atoms with Crippen molar-refractivity contribution in [3.05, 3.63) is 94.3 Å². The van der Waals surface area contributed by atoms with Crippen LogP contribution < -0.4 is 20.1 Å². The van der Waals surface area contributed by atoms with E-state index in [2.05, 4.69) is 15.4 Å². The Morgan fingerprint density at radius 3 is 2.39 bits per heavy atom. The molecule has 1 heterocycles. The van der Waals surface area contributed by atoms with E-state index in [1.807, 2.05) is 6.07 Å². The van der Waals surface area contributed by atoms with Gasteiger partial charge in [-0.05, 0) is 47.8 Å². The van der Waals surface area contributed by atoms with Gasteiger partial charge in [0.1, 0.15) is 15.7 Å². The number of carbonyl (C=O) groups is 1. The van der Waals surface area contributed by atoms with E-state index < -0.39 is 16.1 Å². The average molecular weight is 563 g/mol. The molecule has 0 aliphatic heterocycles. The lowest BCUT2D eigenvalue weighted by atomic mass is 10.1. The maximum absolute atomic E-state index is 13.1. The molecular formula is C25H21Cl2N3O4S2. The monoisotopic (exact) mass is 561 g/mol. The smallest absolute Gasteiger partial charge is 0.319 e. The van der Waals surface area contributed by atoms with Crippen LogP contribution in [-0.2, 0) is 10.0 Å². The highest BCUT2D eigenvalue weighted by atomic mass is 35.5. The zero-order valence-corrected chi connectivity index (χ0v) is 21.8. The number of hydrogen-bond acceptors (Lipinski definition) is 5. The molecule has 3 aromatic carbocycles. The molecule has 0 spiro atoms. The number of amides is 2. The molecule has 0 aliphatic rings. The Labute approximate surface area is 223 Å². The molecular weight excluding hydrogens is 541 g/mol. The number of hydrogen-bond donors (Lipinski definition) is 3. The maximum atomic E-state index is 13.1. The summed E-state index contributed by atoms with van der Waals surface area (Å²) in [5.41, 5.74) is 1.72. The largest absolute Gasteiger partial charge is 0.455 e. The number of halogens is 2. The molecule has 11 heteroatoms. The molecule has 0 saturated heterocycles. The second kappa shape index (κ2) is 11.8. The van der Waals surface area contributed by atoms with Crippen LogP contribution in [0.2, 0.25) is 10.0 Å². The number of nitrogens with one attached hydrogen (secondary N) is 3. The molecule has 186 valence electrons. The molecule has 0 aliphatic carbocycles. The number of sulfonamides is 1. The number of rotatable bonds is 9. The second-order valence-electron chi connectivity index (χ2n) is 7.44. The average Bonchev–Trinajstić information content (AvgIpc) is 3.36. The fourth-order valence-corrected chi connectivity index (χ4v) is 6.18. The summed E-state index contributed by atoms with van der Waals surface area (Å²) < 4.78 is 34.8. The van der Waals surface area contributed by atoms with E-state index in [1.54, 1.807) is 78.2 Å². The third kappa shape index (κ3) is 6.57. The number of carbonyl (C=O) groups excluding carboxylic acids is 1. The SMILES string of the molecule is O=C(NCCNS(=O)(=O)c1sccc1-c1ccccc1Oc1ccc(Cl)cc1Cl)Nc1ccccc1. The fourth-order valence-electron chi connectivity index (χ4n) is 3.28. The molecule has 4 aromatic rings. The Bertz CT molecular complexity index is 1460. The van der Waals surface area contributed by atoms with Crippen LogP contribution in [0, 0.1) is 0 Å². The lowest BCUT2D eigenvalue weighted by molar-refractivity contribution is 0.252. The molecule has 0 bridgehead atoms. The van der Waals surface area contributed by atoms with E-state index in [-0.39, 0.29) is 17.3 Å². The minimum atomic E-state index is -3.86. The summed E-state index contributed by atoms with van der Waals surface area (Å²) in [6.45, 7) is 0.119. The summed E-state index contributed by atoms with van der Waals surface area (Å²) in [5, 5.41) is 7.81. The first-order chi connectivity index (χ1) is 17.3. The Hall–Kier alpha value is -3.08. The van der Waals surface area contributed by atoms with E-state index >= 15 is 0 Å².